The minimum atomic E-state index is -4.12. The number of pyridine rings is 1. The van der Waals surface area contributed by atoms with Crippen LogP contribution >= 0.6 is 24.0 Å². The normalized spacial score (nSPS) is 20.6. The average molecular weight is 499 g/mol. The molecule has 0 amide bonds. The molecule has 0 aromatic carbocycles. The lowest BCUT2D eigenvalue weighted by molar-refractivity contribution is -0.183. The van der Waals surface area contributed by atoms with Crippen LogP contribution < -0.4 is 15.5 Å². The van der Waals surface area contributed by atoms with Gasteiger partial charge >= 0.3 is 6.18 Å². The van der Waals surface area contributed by atoms with E-state index in [4.69, 9.17) is 0 Å². The number of hydrogen-bond donors (Lipinski definition) is 2. The van der Waals surface area contributed by atoms with Crippen LogP contribution in [0, 0.1) is 5.92 Å². The minimum Gasteiger partial charge on any atom is -0.363 e. The number of nitrogens with one attached hydrogen (secondary N) is 2. The number of aromatic nitrogens is 1. The summed E-state index contributed by atoms with van der Waals surface area (Å²) in [7, 11) is 3.84. The van der Waals surface area contributed by atoms with Crippen LogP contribution in [-0.2, 0) is 6.54 Å². The van der Waals surface area contributed by atoms with Gasteiger partial charge in [0.2, 0.25) is 0 Å². The highest BCUT2D eigenvalue weighted by Crippen LogP contribution is 2.37. The maximum Gasteiger partial charge on any atom is 0.391 e. The zero-order valence-corrected chi connectivity index (χ0v) is 18.3. The van der Waals surface area contributed by atoms with Gasteiger partial charge in [-0.2, -0.15) is 13.2 Å². The smallest absolute Gasteiger partial charge is 0.363 e. The Hall–Kier alpha value is -1.26. The molecule has 5 nitrogen and oxygen atoms in total. The highest BCUT2D eigenvalue weighted by molar-refractivity contribution is 14.0. The van der Waals surface area contributed by atoms with Gasteiger partial charge in [0.15, 0.2) is 5.96 Å². The Bertz CT molecular complexity index is 607. The lowest BCUT2D eigenvalue weighted by Crippen LogP contribution is -2.46. The van der Waals surface area contributed by atoms with Gasteiger partial charge in [-0.15, -0.1) is 24.0 Å². The van der Waals surface area contributed by atoms with Gasteiger partial charge in [-0.25, -0.2) is 9.98 Å². The van der Waals surface area contributed by atoms with Crippen LogP contribution in [0.1, 0.15) is 38.3 Å². The van der Waals surface area contributed by atoms with Gasteiger partial charge in [-0.1, -0.05) is 12.5 Å². The predicted octanol–water partition coefficient (Wildman–Crippen LogP) is 3.94. The van der Waals surface area contributed by atoms with Crippen molar-refractivity contribution in [2.45, 2.75) is 51.4 Å². The van der Waals surface area contributed by atoms with Crippen molar-refractivity contribution < 1.29 is 13.2 Å². The molecule has 27 heavy (non-hydrogen) atoms. The number of nitrogens with zero attached hydrogens (tertiary/aromatic N) is 3. The summed E-state index contributed by atoms with van der Waals surface area (Å²) in [4.78, 5) is 10.9. The Labute approximate surface area is 176 Å². The zero-order valence-electron chi connectivity index (χ0n) is 16.0. The van der Waals surface area contributed by atoms with Crippen molar-refractivity contribution in [1.82, 2.24) is 15.6 Å². The molecule has 1 aliphatic rings. The molecule has 1 aliphatic carbocycles. The van der Waals surface area contributed by atoms with Crippen LogP contribution in [-0.4, -0.2) is 43.8 Å². The third kappa shape index (κ3) is 7.71. The van der Waals surface area contributed by atoms with Crippen molar-refractivity contribution in [1.29, 1.82) is 0 Å². The topological polar surface area (TPSA) is 52.6 Å². The van der Waals surface area contributed by atoms with Crippen molar-refractivity contribution in [2.24, 2.45) is 10.9 Å². The molecule has 1 fully saturated rings. The van der Waals surface area contributed by atoms with Crippen LogP contribution in [0.25, 0.3) is 0 Å². The molecule has 1 saturated carbocycles. The second kappa shape index (κ2) is 10.9. The fourth-order valence-corrected chi connectivity index (χ4v) is 3.10. The Morgan fingerprint density at radius 2 is 2.04 bits per heavy atom. The fraction of sp³-hybridized carbons (Fsp3) is 0.667. The van der Waals surface area contributed by atoms with Gasteiger partial charge < -0.3 is 15.5 Å². The van der Waals surface area contributed by atoms with Crippen molar-refractivity contribution in [2.75, 3.05) is 25.5 Å². The lowest BCUT2D eigenvalue weighted by Gasteiger charge is -2.31. The second-order valence-electron chi connectivity index (χ2n) is 6.82. The Kier molecular flexibility index (Phi) is 9.61. The van der Waals surface area contributed by atoms with Gasteiger partial charge in [0.05, 0.1) is 18.2 Å². The molecule has 0 radical (unpaired) electrons. The van der Waals surface area contributed by atoms with Crippen molar-refractivity contribution in [3.05, 3.63) is 23.9 Å². The number of halogens is 4. The number of guanidine groups is 1. The van der Waals surface area contributed by atoms with Crippen LogP contribution in [0.3, 0.4) is 0 Å². The second-order valence-corrected chi connectivity index (χ2v) is 6.82. The van der Waals surface area contributed by atoms with Crippen LogP contribution in [0.2, 0.25) is 0 Å². The van der Waals surface area contributed by atoms with Gasteiger partial charge in [0.1, 0.15) is 5.82 Å². The molecule has 2 N–H and O–H groups in total. The summed E-state index contributed by atoms with van der Waals surface area (Å²) in [6, 6.07) is 5.51. The lowest BCUT2D eigenvalue weighted by atomic mass is 9.85. The van der Waals surface area contributed by atoms with Crippen LogP contribution in [0.4, 0.5) is 19.0 Å². The van der Waals surface area contributed by atoms with Crippen molar-refractivity contribution in [3.63, 3.8) is 0 Å². The molecule has 1 aromatic heterocycles. The Morgan fingerprint density at radius 1 is 1.30 bits per heavy atom. The first-order chi connectivity index (χ1) is 12.3. The third-order valence-corrected chi connectivity index (χ3v) is 4.47. The standard InChI is InChI=1S/C18H28F3N5.HI/c1-4-22-17(23-12-15-9-6-10-16(24-15)26(2)3)25-14-8-5-7-13(11-14)18(19,20)21;/h6,9-10,13-14H,4-5,7-8,11-12H2,1-3H3,(H2,22,23,25);1H. The van der Waals surface area contributed by atoms with Gasteiger partial charge in [-0.05, 0) is 38.3 Å². The van der Waals surface area contributed by atoms with E-state index in [0.717, 1.165) is 17.9 Å². The van der Waals surface area contributed by atoms with E-state index in [1.165, 1.54) is 0 Å². The number of rotatable bonds is 5. The molecule has 0 saturated heterocycles. The molecule has 2 unspecified atom stereocenters. The van der Waals surface area contributed by atoms with Gasteiger partial charge in [0, 0.05) is 26.7 Å². The van der Waals surface area contributed by atoms with E-state index in [1.54, 1.807) is 0 Å². The molecule has 0 aliphatic heterocycles. The van der Waals surface area contributed by atoms with E-state index in [2.05, 4.69) is 20.6 Å². The maximum absolute atomic E-state index is 13.0. The molecule has 1 aromatic rings. The minimum absolute atomic E-state index is 0. The first kappa shape index (κ1) is 23.8. The molecule has 1 heterocycles. The summed E-state index contributed by atoms with van der Waals surface area (Å²) in [5.41, 5.74) is 0.810. The van der Waals surface area contributed by atoms with E-state index in [9.17, 15) is 13.2 Å². The maximum atomic E-state index is 13.0. The highest BCUT2D eigenvalue weighted by Gasteiger charge is 2.42. The molecule has 2 rings (SSSR count). The van der Waals surface area contributed by atoms with Gasteiger partial charge in [-0.3, -0.25) is 0 Å². The summed E-state index contributed by atoms with van der Waals surface area (Å²) in [5, 5.41) is 6.28. The number of alkyl halides is 3. The largest absolute Gasteiger partial charge is 0.391 e. The quantitative estimate of drug-likeness (QED) is 0.366. The van der Waals surface area contributed by atoms with Crippen LogP contribution in [0.15, 0.2) is 23.2 Å². The molecule has 0 bridgehead atoms. The molecular formula is C18H29F3IN5. The van der Waals surface area contributed by atoms with E-state index in [1.807, 2.05) is 44.1 Å². The molecule has 154 valence electrons. The summed E-state index contributed by atoms with van der Waals surface area (Å²) in [6.07, 6.45) is -2.50. The molecule has 9 heteroatoms. The highest BCUT2D eigenvalue weighted by atomic mass is 127. The Balaban J connectivity index is 0.00000364. The molecule has 2 atom stereocenters. The Morgan fingerprint density at radius 3 is 2.67 bits per heavy atom. The fourth-order valence-electron chi connectivity index (χ4n) is 3.10. The first-order valence-electron chi connectivity index (χ1n) is 9.04. The van der Waals surface area contributed by atoms with E-state index >= 15 is 0 Å². The number of hydrogen-bond acceptors (Lipinski definition) is 3. The monoisotopic (exact) mass is 499 g/mol. The van der Waals surface area contributed by atoms with Gasteiger partial charge in [0.25, 0.3) is 0 Å². The van der Waals surface area contributed by atoms with E-state index in [0.29, 0.717) is 25.5 Å². The average Bonchev–Trinajstić information content (AvgIpc) is 2.59. The third-order valence-electron chi connectivity index (χ3n) is 4.47. The summed E-state index contributed by atoms with van der Waals surface area (Å²) in [6.45, 7) is 2.94. The zero-order chi connectivity index (χ0) is 19.2. The van der Waals surface area contributed by atoms with Crippen molar-refractivity contribution in [3.8, 4) is 0 Å². The SMILES string of the molecule is CCNC(=NCc1cccc(N(C)C)n1)NC1CCCC(C(F)(F)F)C1.I. The number of aliphatic imine (C=N–C) groups is 1. The molecular weight excluding hydrogens is 470 g/mol. The first-order valence-corrected chi connectivity index (χ1v) is 9.04. The summed E-state index contributed by atoms with van der Waals surface area (Å²) < 4.78 is 39.0. The number of anilines is 1. The summed E-state index contributed by atoms with van der Waals surface area (Å²) in [5.74, 6) is 0.156. The van der Waals surface area contributed by atoms with Crippen LogP contribution in [0.5, 0.6) is 0 Å². The van der Waals surface area contributed by atoms with Crippen molar-refractivity contribution >= 4 is 35.8 Å². The molecule has 0 spiro atoms. The van der Waals surface area contributed by atoms with E-state index in [-0.39, 0.29) is 42.9 Å². The van der Waals surface area contributed by atoms with E-state index < -0.39 is 12.1 Å². The predicted molar refractivity (Wildman–Crippen MR) is 114 cm³/mol. The summed E-state index contributed by atoms with van der Waals surface area (Å²) >= 11 is 0.